The molecule has 1 aliphatic carbocycles. The maximum Gasteiger partial charge on any atom is 0.187 e. The zero-order valence-electron chi connectivity index (χ0n) is 11.0. The Morgan fingerprint density at radius 1 is 1.50 bits per heavy atom. The SMILES string of the molecule is CC1CCCCC1N(C)CC(=O)c1sccc1Br. The van der Waals surface area contributed by atoms with E-state index in [0.717, 1.165) is 9.35 Å². The third kappa shape index (κ3) is 3.22. The first kappa shape index (κ1) is 14.2. The van der Waals surface area contributed by atoms with Crippen LogP contribution >= 0.6 is 27.3 Å². The molecule has 1 fully saturated rings. The smallest absolute Gasteiger partial charge is 0.187 e. The number of Topliss-reactive ketones (excluding diaryl/α,β-unsaturated/α-hetero) is 1. The third-order valence-corrected chi connectivity index (χ3v) is 5.77. The van der Waals surface area contributed by atoms with Gasteiger partial charge in [-0.15, -0.1) is 11.3 Å². The van der Waals surface area contributed by atoms with Crippen LogP contribution in [-0.2, 0) is 0 Å². The number of ketones is 1. The van der Waals surface area contributed by atoms with Crippen LogP contribution in [0.2, 0.25) is 0 Å². The fourth-order valence-electron chi connectivity index (χ4n) is 2.86. The Hall–Kier alpha value is -0.190. The van der Waals surface area contributed by atoms with Crippen LogP contribution in [0, 0.1) is 5.92 Å². The molecule has 0 amide bonds. The molecular formula is C14H20BrNOS. The fraction of sp³-hybridized carbons (Fsp3) is 0.643. The first-order valence-electron chi connectivity index (χ1n) is 6.56. The summed E-state index contributed by atoms with van der Waals surface area (Å²) in [6, 6.07) is 2.52. The van der Waals surface area contributed by atoms with Crippen molar-refractivity contribution >= 4 is 33.0 Å². The summed E-state index contributed by atoms with van der Waals surface area (Å²) in [5, 5.41) is 1.96. The Balaban J connectivity index is 1.96. The molecule has 18 heavy (non-hydrogen) atoms. The van der Waals surface area contributed by atoms with Gasteiger partial charge in [0.25, 0.3) is 0 Å². The van der Waals surface area contributed by atoms with Gasteiger partial charge in [0.15, 0.2) is 5.78 Å². The van der Waals surface area contributed by atoms with E-state index < -0.39 is 0 Å². The first-order chi connectivity index (χ1) is 8.59. The topological polar surface area (TPSA) is 20.3 Å². The molecule has 1 saturated carbocycles. The Morgan fingerprint density at radius 2 is 2.22 bits per heavy atom. The zero-order chi connectivity index (χ0) is 13.1. The van der Waals surface area contributed by atoms with E-state index in [1.807, 2.05) is 11.4 Å². The van der Waals surface area contributed by atoms with E-state index in [1.54, 1.807) is 0 Å². The van der Waals surface area contributed by atoms with Gasteiger partial charge in [0, 0.05) is 10.5 Å². The van der Waals surface area contributed by atoms with Crippen LogP contribution in [0.1, 0.15) is 42.3 Å². The van der Waals surface area contributed by atoms with Crippen molar-refractivity contribution in [2.24, 2.45) is 5.92 Å². The number of carbonyl (C=O) groups is 1. The van der Waals surface area contributed by atoms with E-state index in [2.05, 4.69) is 34.8 Å². The number of halogens is 1. The highest BCUT2D eigenvalue weighted by atomic mass is 79.9. The second kappa shape index (κ2) is 6.31. The molecule has 4 heteroatoms. The second-order valence-corrected chi connectivity index (χ2v) is 7.04. The lowest BCUT2D eigenvalue weighted by molar-refractivity contribution is 0.0854. The Kier molecular flexibility index (Phi) is 4.98. The third-order valence-electron chi connectivity index (χ3n) is 3.90. The van der Waals surface area contributed by atoms with Gasteiger partial charge in [-0.3, -0.25) is 9.69 Å². The van der Waals surface area contributed by atoms with Crippen LogP contribution in [0.5, 0.6) is 0 Å². The van der Waals surface area contributed by atoms with Crippen molar-refractivity contribution in [3.8, 4) is 0 Å². The molecule has 0 aliphatic heterocycles. The molecule has 0 N–H and O–H groups in total. The highest BCUT2D eigenvalue weighted by Crippen LogP contribution is 2.28. The Bertz CT molecular complexity index is 418. The molecule has 1 heterocycles. The number of hydrogen-bond acceptors (Lipinski definition) is 3. The number of likely N-dealkylation sites (N-methyl/N-ethyl adjacent to an activating group) is 1. The second-order valence-electron chi connectivity index (χ2n) is 5.27. The van der Waals surface area contributed by atoms with E-state index in [1.165, 1.54) is 37.0 Å². The van der Waals surface area contributed by atoms with Crippen molar-refractivity contribution in [2.45, 2.75) is 38.6 Å². The summed E-state index contributed by atoms with van der Waals surface area (Å²) >= 11 is 4.96. The lowest BCUT2D eigenvalue weighted by Gasteiger charge is -2.35. The van der Waals surface area contributed by atoms with Crippen molar-refractivity contribution in [3.63, 3.8) is 0 Å². The molecule has 2 unspecified atom stereocenters. The van der Waals surface area contributed by atoms with Crippen molar-refractivity contribution in [3.05, 3.63) is 20.8 Å². The van der Waals surface area contributed by atoms with Crippen LogP contribution < -0.4 is 0 Å². The number of hydrogen-bond donors (Lipinski definition) is 0. The van der Waals surface area contributed by atoms with E-state index in [0.29, 0.717) is 18.5 Å². The molecule has 0 spiro atoms. The minimum absolute atomic E-state index is 0.233. The molecule has 0 radical (unpaired) electrons. The van der Waals surface area contributed by atoms with Crippen molar-refractivity contribution < 1.29 is 4.79 Å². The summed E-state index contributed by atoms with van der Waals surface area (Å²) in [5.74, 6) is 0.945. The molecule has 2 rings (SSSR count). The van der Waals surface area contributed by atoms with Crippen molar-refractivity contribution in [2.75, 3.05) is 13.6 Å². The van der Waals surface area contributed by atoms with Gasteiger partial charge in [-0.05, 0) is 53.2 Å². The first-order valence-corrected chi connectivity index (χ1v) is 8.23. The van der Waals surface area contributed by atoms with Crippen LogP contribution in [-0.4, -0.2) is 30.3 Å². The summed E-state index contributed by atoms with van der Waals surface area (Å²) in [4.78, 5) is 15.3. The van der Waals surface area contributed by atoms with Gasteiger partial charge in [0.2, 0.25) is 0 Å². The number of rotatable bonds is 4. The Morgan fingerprint density at radius 3 is 2.83 bits per heavy atom. The van der Waals surface area contributed by atoms with Crippen molar-refractivity contribution in [1.82, 2.24) is 4.90 Å². The molecule has 1 aromatic rings. The van der Waals surface area contributed by atoms with E-state index in [4.69, 9.17) is 0 Å². The van der Waals surface area contributed by atoms with Crippen LogP contribution in [0.4, 0.5) is 0 Å². The minimum atomic E-state index is 0.233. The number of thiophene rings is 1. The monoisotopic (exact) mass is 329 g/mol. The molecule has 1 aliphatic rings. The number of carbonyl (C=O) groups excluding carboxylic acids is 1. The van der Waals surface area contributed by atoms with Crippen LogP contribution in [0.3, 0.4) is 0 Å². The summed E-state index contributed by atoms with van der Waals surface area (Å²) in [5.41, 5.74) is 0. The molecule has 0 bridgehead atoms. The van der Waals surface area contributed by atoms with Crippen LogP contribution in [0.15, 0.2) is 15.9 Å². The average Bonchev–Trinajstić information content (AvgIpc) is 2.76. The van der Waals surface area contributed by atoms with E-state index >= 15 is 0 Å². The molecule has 2 atom stereocenters. The molecule has 100 valence electrons. The average molecular weight is 330 g/mol. The molecular weight excluding hydrogens is 310 g/mol. The fourth-order valence-corrected chi connectivity index (χ4v) is 4.39. The normalized spacial score (nSPS) is 24.4. The standard InChI is InChI=1S/C14H20BrNOS/c1-10-5-3-4-6-12(10)16(2)9-13(17)14-11(15)7-8-18-14/h7-8,10,12H,3-6,9H2,1-2H3. The van der Waals surface area contributed by atoms with Crippen molar-refractivity contribution in [1.29, 1.82) is 0 Å². The number of nitrogens with zero attached hydrogens (tertiary/aromatic N) is 1. The largest absolute Gasteiger partial charge is 0.296 e. The minimum Gasteiger partial charge on any atom is -0.296 e. The van der Waals surface area contributed by atoms with Gasteiger partial charge in [-0.2, -0.15) is 0 Å². The predicted molar refractivity (Wildman–Crippen MR) is 80.4 cm³/mol. The molecule has 2 nitrogen and oxygen atoms in total. The quantitative estimate of drug-likeness (QED) is 0.771. The van der Waals surface area contributed by atoms with Gasteiger partial charge in [0.1, 0.15) is 0 Å². The van der Waals surface area contributed by atoms with Gasteiger partial charge >= 0.3 is 0 Å². The molecule has 0 aromatic carbocycles. The van der Waals surface area contributed by atoms with Gasteiger partial charge in [0.05, 0.1) is 11.4 Å². The van der Waals surface area contributed by atoms with E-state index in [9.17, 15) is 4.79 Å². The van der Waals surface area contributed by atoms with Crippen LogP contribution in [0.25, 0.3) is 0 Å². The lowest BCUT2D eigenvalue weighted by Crippen LogP contribution is -2.41. The van der Waals surface area contributed by atoms with Gasteiger partial charge in [-0.25, -0.2) is 0 Å². The zero-order valence-corrected chi connectivity index (χ0v) is 13.4. The Labute approximate surface area is 122 Å². The summed E-state index contributed by atoms with van der Waals surface area (Å²) in [6.07, 6.45) is 5.18. The predicted octanol–water partition coefficient (Wildman–Crippen LogP) is 4.20. The molecule has 0 saturated heterocycles. The van der Waals surface area contributed by atoms with Gasteiger partial charge < -0.3 is 0 Å². The maximum absolute atomic E-state index is 12.2. The highest BCUT2D eigenvalue weighted by molar-refractivity contribution is 9.10. The molecule has 1 aromatic heterocycles. The summed E-state index contributed by atoms with van der Waals surface area (Å²) in [6.45, 7) is 2.85. The summed E-state index contributed by atoms with van der Waals surface area (Å²) in [7, 11) is 2.09. The van der Waals surface area contributed by atoms with E-state index in [-0.39, 0.29) is 5.78 Å². The van der Waals surface area contributed by atoms with Gasteiger partial charge in [-0.1, -0.05) is 19.8 Å². The highest BCUT2D eigenvalue weighted by Gasteiger charge is 2.26. The lowest BCUT2D eigenvalue weighted by atomic mass is 9.85. The summed E-state index contributed by atoms with van der Waals surface area (Å²) < 4.78 is 0.933. The maximum atomic E-state index is 12.2.